The quantitative estimate of drug-likeness (QED) is 0.907. The molecule has 0 aliphatic rings. The van der Waals surface area contributed by atoms with Crippen molar-refractivity contribution in [3.8, 4) is 0 Å². The van der Waals surface area contributed by atoms with E-state index in [2.05, 4.69) is 10.3 Å². The average Bonchev–Trinajstić information content (AvgIpc) is 2.88. The molecule has 5 nitrogen and oxygen atoms in total. The van der Waals surface area contributed by atoms with Gasteiger partial charge < -0.3 is 15.2 Å². The number of aliphatic carboxylic acids is 1. The SMILES string of the molecule is Cc1ccc(NC(=O)[C@@H](C)c2nc(CC(=O)[O-])cs2)cc1. The van der Waals surface area contributed by atoms with Gasteiger partial charge >= 0.3 is 0 Å². The summed E-state index contributed by atoms with van der Waals surface area (Å²) in [4.78, 5) is 26.8. The molecule has 21 heavy (non-hydrogen) atoms. The van der Waals surface area contributed by atoms with Gasteiger partial charge in [0, 0.05) is 23.5 Å². The molecule has 1 aromatic carbocycles. The normalized spacial score (nSPS) is 11.9. The van der Waals surface area contributed by atoms with Gasteiger partial charge in [-0.15, -0.1) is 11.3 Å². The van der Waals surface area contributed by atoms with Crippen molar-refractivity contribution < 1.29 is 14.7 Å². The van der Waals surface area contributed by atoms with E-state index in [1.54, 1.807) is 12.3 Å². The van der Waals surface area contributed by atoms with E-state index in [-0.39, 0.29) is 12.3 Å². The molecule has 0 aliphatic carbocycles. The van der Waals surface area contributed by atoms with Gasteiger partial charge in [0.05, 0.1) is 11.6 Å². The highest BCUT2D eigenvalue weighted by atomic mass is 32.1. The fourth-order valence-corrected chi connectivity index (χ4v) is 2.62. The lowest BCUT2D eigenvalue weighted by Gasteiger charge is -2.10. The van der Waals surface area contributed by atoms with Crippen molar-refractivity contribution in [1.29, 1.82) is 0 Å². The summed E-state index contributed by atoms with van der Waals surface area (Å²) in [6.07, 6.45) is -0.233. The van der Waals surface area contributed by atoms with Crippen LogP contribution in [0.3, 0.4) is 0 Å². The molecule has 0 saturated heterocycles. The summed E-state index contributed by atoms with van der Waals surface area (Å²) in [7, 11) is 0. The first-order valence-electron chi connectivity index (χ1n) is 6.47. The van der Waals surface area contributed by atoms with Crippen LogP contribution in [0.2, 0.25) is 0 Å². The van der Waals surface area contributed by atoms with E-state index < -0.39 is 11.9 Å². The number of amides is 1. The monoisotopic (exact) mass is 303 g/mol. The largest absolute Gasteiger partial charge is 0.550 e. The number of rotatable bonds is 5. The second-order valence-corrected chi connectivity index (χ2v) is 5.69. The van der Waals surface area contributed by atoms with E-state index in [9.17, 15) is 14.7 Å². The summed E-state index contributed by atoms with van der Waals surface area (Å²) in [5, 5.41) is 15.6. The minimum atomic E-state index is -1.18. The van der Waals surface area contributed by atoms with Gasteiger partial charge in [0.2, 0.25) is 5.91 Å². The molecule has 0 bridgehead atoms. The third-order valence-corrected chi connectivity index (χ3v) is 4.05. The molecule has 0 fully saturated rings. The molecule has 0 aliphatic heterocycles. The summed E-state index contributed by atoms with van der Waals surface area (Å²) in [5.74, 6) is -1.79. The number of aryl methyl sites for hydroxylation is 1. The molecule has 1 amide bonds. The molecule has 2 aromatic rings. The first-order valence-corrected chi connectivity index (χ1v) is 7.35. The van der Waals surface area contributed by atoms with Crippen molar-refractivity contribution in [2.24, 2.45) is 0 Å². The van der Waals surface area contributed by atoms with Crippen LogP contribution in [-0.2, 0) is 16.0 Å². The topological polar surface area (TPSA) is 82.1 Å². The number of carbonyl (C=O) groups is 2. The van der Waals surface area contributed by atoms with Crippen molar-refractivity contribution in [2.75, 3.05) is 5.32 Å². The number of nitrogens with one attached hydrogen (secondary N) is 1. The molecule has 0 saturated carbocycles. The Bertz CT molecular complexity index is 649. The van der Waals surface area contributed by atoms with E-state index in [0.717, 1.165) is 11.3 Å². The molecule has 1 atom stereocenters. The van der Waals surface area contributed by atoms with E-state index in [1.165, 1.54) is 11.3 Å². The Kier molecular flexibility index (Phi) is 4.70. The van der Waals surface area contributed by atoms with Gasteiger partial charge in [0.15, 0.2) is 0 Å². The number of hydrogen-bond donors (Lipinski definition) is 1. The van der Waals surface area contributed by atoms with Gasteiger partial charge in [-0.1, -0.05) is 17.7 Å². The smallest absolute Gasteiger partial charge is 0.234 e. The van der Waals surface area contributed by atoms with Gasteiger partial charge in [-0.25, -0.2) is 4.98 Å². The molecular formula is C15H15N2O3S-. The Morgan fingerprint density at radius 1 is 1.33 bits per heavy atom. The maximum Gasteiger partial charge on any atom is 0.234 e. The van der Waals surface area contributed by atoms with Gasteiger partial charge in [-0.2, -0.15) is 0 Å². The predicted octanol–water partition coefficient (Wildman–Crippen LogP) is 1.49. The van der Waals surface area contributed by atoms with Crippen LogP contribution in [0.15, 0.2) is 29.6 Å². The van der Waals surface area contributed by atoms with E-state index in [4.69, 9.17) is 0 Å². The average molecular weight is 303 g/mol. The van der Waals surface area contributed by atoms with Crippen LogP contribution in [-0.4, -0.2) is 16.9 Å². The maximum atomic E-state index is 12.2. The number of anilines is 1. The Morgan fingerprint density at radius 3 is 2.62 bits per heavy atom. The molecule has 0 radical (unpaired) electrons. The third kappa shape index (κ3) is 4.13. The van der Waals surface area contributed by atoms with Gasteiger partial charge in [-0.3, -0.25) is 4.79 Å². The van der Waals surface area contributed by atoms with Crippen LogP contribution in [0.5, 0.6) is 0 Å². The second-order valence-electron chi connectivity index (χ2n) is 4.80. The number of aromatic nitrogens is 1. The Balaban J connectivity index is 2.03. The van der Waals surface area contributed by atoms with Crippen LogP contribution < -0.4 is 10.4 Å². The van der Waals surface area contributed by atoms with Crippen LogP contribution in [0.25, 0.3) is 0 Å². The molecule has 6 heteroatoms. The number of thiazole rings is 1. The molecule has 1 aromatic heterocycles. The van der Waals surface area contributed by atoms with Gasteiger partial charge in [0.25, 0.3) is 0 Å². The zero-order valence-electron chi connectivity index (χ0n) is 11.8. The molecule has 0 unspecified atom stereocenters. The lowest BCUT2D eigenvalue weighted by molar-refractivity contribution is -0.304. The Labute approximate surface area is 126 Å². The molecule has 2 rings (SSSR count). The first kappa shape index (κ1) is 15.2. The lowest BCUT2D eigenvalue weighted by atomic mass is 10.1. The zero-order valence-corrected chi connectivity index (χ0v) is 12.6. The Morgan fingerprint density at radius 2 is 2.00 bits per heavy atom. The highest BCUT2D eigenvalue weighted by molar-refractivity contribution is 7.09. The second kappa shape index (κ2) is 6.49. The number of carboxylic acid groups (broad SMARTS) is 1. The van der Waals surface area contributed by atoms with Crippen molar-refractivity contribution in [1.82, 2.24) is 4.98 Å². The summed E-state index contributed by atoms with van der Waals surface area (Å²) < 4.78 is 0. The molecule has 0 spiro atoms. The van der Waals surface area contributed by atoms with Crippen molar-refractivity contribution >= 4 is 28.9 Å². The molecule has 110 valence electrons. The number of carbonyl (C=O) groups excluding carboxylic acids is 2. The third-order valence-electron chi connectivity index (χ3n) is 2.98. The van der Waals surface area contributed by atoms with Gasteiger partial charge in [-0.05, 0) is 26.0 Å². The standard InChI is InChI=1S/C15H16N2O3S/c1-9-3-5-11(6-4-9)16-14(20)10(2)15-17-12(8-21-15)7-13(18)19/h3-6,8,10H,7H2,1-2H3,(H,16,20)(H,18,19)/p-1/t10-/m1/s1. The van der Waals surface area contributed by atoms with E-state index in [1.807, 2.05) is 31.2 Å². The Hall–Kier alpha value is -2.21. The summed E-state index contributed by atoms with van der Waals surface area (Å²) in [6, 6.07) is 7.51. The minimum Gasteiger partial charge on any atom is -0.550 e. The molecular weight excluding hydrogens is 288 g/mol. The lowest BCUT2D eigenvalue weighted by Crippen LogP contribution is -2.24. The number of hydrogen-bond acceptors (Lipinski definition) is 5. The highest BCUT2D eigenvalue weighted by Crippen LogP contribution is 2.22. The fraction of sp³-hybridized carbons (Fsp3) is 0.267. The number of carboxylic acids is 1. The summed E-state index contributed by atoms with van der Waals surface area (Å²) in [6.45, 7) is 3.72. The first-order chi connectivity index (χ1) is 9.95. The van der Waals surface area contributed by atoms with Gasteiger partial charge in [0.1, 0.15) is 5.01 Å². The minimum absolute atomic E-state index is 0.173. The van der Waals surface area contributed by atoms with Crippen molar-refractivity contribution in [3.05, 3.63) is 45.9 Å². The van der Waals surface area contributed by atoms with Crippen molar-refractivity contribution in [3.63, 3.8) is 0 Å². The van der Waals surface area contributed by atoms with E-state index in [0.29, 0.717) is 10.7 Å². The summed E-state index contributed by atoms with van der Waals surface area (Å²) in [5.41, 5.74) is 2.27. The van der Waals surface area contributed by atoms with Crippen LogP contribution >= 0.6 is 11.3 Å². The van der Waals surface area contributed by atoms with Crippen LogP contribution in [0.4, 0.5) is 5.69 Å². The number of benzene rings is 1. The zero-order chi connectivity index (χ0) is 15.4. The molecule has 1 heterocycles. The molecule has 1 N–H and O–H groups in total. The summed E-state index contributed by atoms with van der Waals surface area (Å²) >= 11 is 1.28. The number of nitrogens with zero attached hydrogens (tertiary/aromatic N) is 1. The van der Waals surface area contributed by atoms with Crippen LogP contribution in [0.1, 0.15) is 29.1 Å². The van der Waals surface area contributed by atoms with Crippen LogP contribution in [0, 0.1) is 6.92 Å². The highest BCUT2D eigenvalue weighted by Gasteiger charge is 2.19. The fourth-order valence-electron chi connectivity index (χ4n) is 1.75. The maximum absolute atomic E-state index is 12.2. The predicted molar refractivity (Wildman–Crippen MR) is 79.0 cm³/mol. The van der Waals surface area contributed by atoms with E-state index >= 15 is 0 Å². The van der Waals surface area contributed by atoms with Crippen molar-refractivity contribution in [2.45, 2.75) is 26.2 Å².